The van der Waals surface area contributed by atoms with Gasteiger partial charge in [-0.2, -0.15) is 0 Å². The molecule has 0 aliphatic carbocycles. The predicted octanol–water partition coefficient (Wildman–Crippen LogP) is 1.83. The highest BCUT2D eigenvalue weighted by Crippen LogP contribution is 2.19. The zero-order valence-corrected chi connectivity index (χ0v) is 10.8. The molecule has 0 spiro atoms. The number of benzene rings is 1. The molecule has 2 rings (SSSR count). The van der Waals surface area contributed by atoms with Crippen LogP contribution in [0.5, 0.6) is 0 Å². The number of carbonyl (C=O) groups excluding carboxylic acids is 1. The van der Waals surface area contributed by atoms with E-state index in [4.69, 9.17) is 5.73 Å². The fraction of sp³-hybridized carbons (Fsp3) is 0.357. The summed E-state index contributed by atoms with van der Waals surface area (Å²) in [5.41, 5.74) is 7.29. The molecule has 1 atom stereocenters. The number of amides is 1. The number of fused-ring (bicyclic) bond motifs is 1. The molecule has 1 unspecified atom stereocenters. The SMILES string of the molecule is CC(CN)CN(C)C(=O)c1c[nH]c2ccccc12. The van der Waals surface area contributed by atoms with E-state index in [1.165, 1.54) is 0 Å². The van der Waals surface area contributed by atoms with Crippen LogP contribution < -0.4 is 5.73 Å². The molecule has 3 N–H and O–H groups in total. The van der Waals surface area contributed by atoms with Crippen LogP contribution in [0.2, 0.25) is 0 Å². The number of hydrogen-bond acceptors (Lipinski definition) is 2. The fourth-order valence-electron chi connectivity index (χ4n) is 2.08. The van der Waals surface area contributed by atoms with Gasteiger partial charge in [-0.15, -0.1) is 0 Å². The lowest BCUT2D eigenvalue weighted by molar-refractivity contribution is 0.0779. The summed E-state index contributed by atoms with van der Waals surface area (Å²) in [6.07, 6.45) is 1.77. The van der Waals surface area contributed by atoms with Gasteiger partial charge in [0, 0.05) is 30.7 Å². The van der Waals surface area contributed by atoms with Gasteiger partial charge in [0.1, 0.15) is 0 Å². The van der Waals surface area contributed by atoms with Gasteiger partial charge in [0.05, 0.1) is 5.56 Å². The minimum atomic E-state index is 0.0350. The highest BCUT2D eigenvalue weighted by atomic mass is 16.2. The largest absolute Gasteiger partial charge is 0.360 e. The number of para-hydroxylation sites is 1. The first-order chi connectivity index (χ1) is 8.63. The molecule has 1 amide bonds. The van der Waals surface area contributed by atoms with Gasteiger partial charge >= 0.3 is 0 Å². The molecule has 0 radical (unpaired) electrons. The van der Waals surface area contributed by atoms with Gasteiger partial charge in [-0.3, -0.25) is 4.79 Å². The third-order valence-electron chi connectivity index (χ3n) is 3.15. The molecular formula is C14H19N3O. The molecular weight excluding hydrogens is 226 g/mol. The van der Waals surface area contributed by atoms with Crippen LogP contribution in [-0.2, 0) is 0 Å². The molecule has 1 aromatic carbocycles. The number of aromatic amines is 1. The molecule has 1 aromatic heterocycles. The Hall–Kier alpha value is -1.81. The van der Waals surface area contributed by atoms with Crippen LogP contribution in [0.15, 0.2) is 30.5 Å². The van der Waals surface area contributed by atoms with Crippen molar-refractivity contribution < 1.29 is 4.79 Å². The maximum atomic E-state index is 12.3. The van der Waals surface area contributed by atoms with E-state index in [1.807, 2.05) is 38.2 Å². The van der Waals surface area contributed by atoms with Gasteiger partial charge < -0.3 is 15.6 Å². The van der Waals surface area contributed by atoms with Crippen LogP contribution in [0.25, 0.3) is 10.9 Å². The number of H-pyrrole nitrogens is 1. The average Bonchev–Trinajstić information content (AvgIpc) is 2.81. The van der Waals surface area contributed by atoms with Gasteiger partial charge in [0.15, 0.2) is 0 Å². The topological polar surface area (TPSA) is 62.1 Å². The number of carbonyl (C=O) groups is 1. The quantitative estimate of drug-likeness (QED) is 0.863. The summed E-state index contributed by atoms with van der Waals surface area (Å²) in [6.45, 7) is 3.30. The number of nitrogens with zero attached hydrogens (tertiary/aromatic N) is 1. The lowest BCUT2D eigenvalue weighted by Gasteiger charge is -2.20. The number of aromatic nitrogens is 1. The van der Waals surface area contributed by atoms with E-state index in [0.29, 0.717) is 19.0 Å². The van der Waals surface area contributed by atoms with Crippen molar-refractivity contribution in [2.24, 2.45) is 11.7 Å². The smallest absolute Gasteiger partial charge is 0.255 e. The van der Waals surface area contributed by atoms with Crippen molar-refractivity contribution in [3.63, 3.8) is 0 Å². The summed E-state index contributed by atoms with van der Waals surface area (Å²) in [5, 5.41) is 0.967. The van der Waals surface area contributed by atoms with E-state index in [0.717, 1.165) is 16.5 Å². The Labute approximate surface area is 107 Å². The number of hydrogen-bond donors (Lipinski definition) is 2. The molecule has 0 aliphatic heterocycles. The molecule has 0 bridgehead atoms. The van der Waals surface area contributed by atoms with Gasteiger partial charge in [-0.1, -0.05) is 25.1 Å². The van der Waals surface area contributed by atoms with Crippen molar-refractivity contribution in [1.82, 2.24) is 9.88 Å². The average molecular weight is 245 g/mol. The molecule has 18 heavy (non-hydrogen) atoms. The molecule has 0 saturated heterocycles. The van der Waals surface area contributed by atoms with Crippen molar-refractivity contribution >= 4 is 16.8 Å². The maximum Gasteiger partial charge on any atom is 0.255 e. The molecule has 1 heterocycles. The van der Waals surface area contributed by atoms with Crippen molar-refractivity contribution in [3.05, 3.63) is 36.0 Å². The second kappa shape index (κ2) is 5.23. The minimum absolute atomic E-state index is 0.0350. The maximum absolute atomic E-state index is 12.3. The van der Waals surface area contributed by atoms with Crippen molar-refractivity contribution in [3.8, 4) is 0 Å². The number of nitrogens with one attached hydrogen (secondary N) is 1. The highest BCUT2D eigenvalue weighted by Gasteiger charge is 2.17. The van der Waals surface area contributed by atoms with E-state index in [2.05, 4.69) is 4.98 Å². The summed E-state index contributed by atoms with van der Waals surface area (Å²) in [5.74, 6) is 0.344. The Morgan fingerprint density at radius 2 is 2.17 bits per heavy atom. The van der Waals surface area contributed by atoms with Crippen LogP contribution in [0.4, 0.5) is 0 Å². The third-order valence-corrected chi connectivity index (χ3v) is 3.15. The van der Waals surface area contributed by atoms with E-state index in [-0.39, 0.29) is 5.91 Å². The van der Waals surface area contributed by atoms with E-state index < -0.39 is 0 Å². The van der Waals surface area contributed by atoms with Crippen LogP contribution >= 0.6 is 0 Å². The first-order valence-corrected chi connectivity index (χ1v) is 6.15. The standard InChI is InChI=1S/C14H19N3O/c1-10(7-15)9-17(2)14(18)12-8-16-13-6-4-3-5-11(12)13/h3-6,8,10,16H,7,9,15H2,1-2H3. The first kappa shape index (κ1) is 12.6. The van der Waals surface area contributed by atoms with Crippen LogP contribution in [-0.4, -0.2) is 35.9 Å². The van der Waals surface area contributed by atoms with E-state index in [1.54, 1.807) is 11.1 Å². The predicted molar refractivity (Wildman–Crippen MR) is 73.5 cm³/mol. The van der Waals surface area contributed by atoms with Crippen molar-refractivity contribution in [1.29, 1.82) is 0 Å². The van der Waals surface area contributed by atoms with Crippen molar-refractivity contribution in [2.75, 3.05) is 20.1 Å². The lowest BCUT2D eigenvalue weighted by Crippen LogP contribution is -2.33. The van der Waals surface area contributed by atoms with Crippen LogP contribution in [0, 0.1) is 5.92 Å². The molecule has 4 heteroatoms. The summed E-state index contributed by atoms with van der Waals surface area (Å²) in [6, 6.07) is 7.82. The lowest BCUT2D eigenvalue weighted by atomic mass is 10.1. The Morgan fingerprint density at radius 1 is 1.44 bits per heavy atom. The normalized spacial score (nSPS) is 12.6. The third kappa shape index (κ3) is 2.38. The molecule has 0 saturated carbocycles. The van der Waals surface area contributed by atoms with Crippen molar-refractivity contribution in [2.45, 2.75) is 6.92 Å². The van der Waals surface area contributed by atoms with Crippen LogP contribution in [0.3, 0.4) is 0 Å². The minimum Gasteiger partial charge on any atom is -0.360 e. The summed E-state index contributed by atoms with van der Waals surface area (Å²) < 4.78 is 0. The zero-order chi connectivity index (χ0) is 13.1. The Morgan fingerprint density at radius 3 is 2.89 bits per heavy atom. The van der Waals surface area contributed by atoms with Gasteiger partial charge in [0.2, 0.25) is 0 Å². The molecule has 2 aromatic rings. The van der Waals surface area contributed by atoms with Gasteiger partial charge in [-0.05, 0) is 18.5 Å². The zero-order valence-electron chi connectivity index (χ0n) is 10.8. The number of nitrogens with two attached hydrogens (primary N) is 1. The van der Waals surface area contributed by atoms with Gasteiger partial charge in [-0.25, -0.2) is 0 Å². The van der Waals surface area contributed by atoms with E-state index >= 15 is 0 Å². The number of rotatable bonds is 4. The molecule has 0 fully saturated rings. The second-order valence-electron chi connectivity index (χ2n) is 4.77. The Bertz CT molecular complexity index is 547. The van der Waals surface area contributed by atoms with Gasteiger partial charge in [0.25, 0.3) is 5.91 Å². The van der Waals surface area contributed by atoms with Crippen LogP contribution in [0.1, 0.15) is 17.3 Å². The molecule has 0 aliphatic rings. The van der Waals surface area contributed by atoms with E-state index in [9.17, 15) is 4.79 Å². The highest BCUT2D eigenvalue weighted by molar-refractivity contribution is 6.06. The summed E-state index contributed by atoms with van der Waals surface area (Å²) in [4.78, 5) is 17.2. The summed E-state index contributed by atoms with van der Waals surface area (Å²) >= 11 is 0. The molecule has 4 nitrogen and oxygen atoms in total. The fourth-order valence-corrected chi connectivity index (χ4v) is 2.08. The monoisotopic (exact) mass is 245 g/mol. The molecule has 96 valence electrons. The Kier molecular flexibility index (Phi) is 3.67. The summed E-state index contributed by atoms with van der Waals surface area (Å²) in [7, 11) is 1.82. The Balaban J connectivity index is 2.23. The second-order valence-corrected chi connectivity index (χ2v) is 4.77. The first-order valence-electron chi connectivity index (χ1n) is 6.15.